The van der Waals surface area contributed by atoms with E-state index in [0.717, 1.165) is 42.7 Å². The quantitative estimate of drug-likeness (QED) is 0.838. The van der Waals surface area contributed by atoms with E-state index in [9.17, 15) is 4.39 Å². The molecule has 1 aliphatic rings. The van der Waals surface area contributed by atoms with Crippen molar-refractivity contribution in [2.75, 3.05) is 18.1 Å². The number of fused-ring (bicyclic) bond motifs is 1. The molecule has 0 atom stereocenters. The van der Waals surface area contributed by atoms with Gasteiger partial charge in [0.15, 0.2) is 5.82 Å². The normalized spacial score (nSPS) is 16.8. The van der Waals surface area contributed by atoms with Crippen LogP contribution in [0.15, 0.2) is 24.5 Å². The van der Waals surface area contributed by atoms with Gasteiger partial charge in [-0.2, -0.15) is 0 Å². The first-order valence-electron chi connectivity index (χ1n) is 6.26. The highest BCUT2D eigenvalue weighted by Crippen LogP contribution is 2.23. The van der Waals surface area contributed by atoms with Crippen LogP contribution in [-0.4, -0.2) is 23.1 Å². The fraction of sp³-hybridized carbons (Fsp3) is 0.385. The van der Waals surface area contributed by atoms with E-state index in [1.165, 1.54) is 24.9 Å². The number of nitrogens with one attached hydrogen (secondary N) is 1. The zero-order chi connectivity index (χ0) is 12.4. The molecule has 1 aromatic carbocycles. The van der Waals surface area contributed by atoms with Gasteiger partial charge in [-0.1, -0.05) is 6.42 Å². The van der Waals surface area contributed by atoms with E-state index < -0.39 is 0 Å². The minimum Gasteiger partial charge on any atom is -0.292 e. The molecule has 4 nitrogen and oxygen atoms in total. The lowest BCUT2D eigenvalue weighted by molar-refractivity contribution is 0.628. The largest absolute Gasteiger partial charge is 0.292 e. The molecule has 0 spiro atoms. The molecule has 0 bridgehead atoms. The fourth-order valence-corrected chi connectivity index (χ4v) is 2.28. The highest BCUT2D eigenvalue weighted by Gasteiger charge is 2.14. The summed E-state index contributed by atoms with van der Waals surface area (Å²) in [6.07, 6.45) is 5.02. The molecule has 3 rings (SSSR count). The van der Waals surface area contributed by atoms with E-state index in [0.29, 0.717) is 0 Å². The van der Waals surface area contributed by atoms with Crippen LogP contribution in [0.3, 0.4) is 0 Å². The van der Waals surface area contributed by atoms with Gasteiger partial charge in [0, 0.05) is 18.5 Å². The first kappa shape index (κ1) is 11.3. The predicted molar refractivity (Wildman–Crippen MR) is 68.7 cm³/mol. The molecule has 18 heavy (non-hydrogen) atoms. The maximum absolute atomic E-state index is 13.4. The first-order valence-corrected chi connectivity index (χ1v) is 6.26. The Morgan fingerprint density at radius 3 is 3.06 bits per heavy atom. The minimum absolute atomic E-state index is 0.256. The molecular formula is C13H15FN4. The molecular weight excluding hydrogens is 231 g/mol. The number of nitrogens with zero attached hydrogens (tertiary/aromatic N) is 3. The Bertz CT molecular complexity index is 550. The molecule has 1 saturated heterocycles. The molecule has 1 aromatic heterocycles. The number of hydrogen-bond donors (Lipinski definition) is 1. The summed E-state index contributed by atoms with van der Waals surface area (Å²) >= 11 is 0. The van der Waals surface area contributed by atoms with Crippen LogP contribution in [0.5, 0.6) is 0 Å². The van der Waals surface area contributed by atoms with Crippen LogP contribution >= 0.6 is 0 Å². The maximum Gasteiger partial charge on any atom is 0.154 e. The van der Waals surface area contributed by atoms with Gasteiger partial charge in [-0.15, -0.1) is 0 Å². The summed E-state index contributed by atoms with van der Waals surface area (Å²) in [5.41, 5.74) is 4.10. The minimum atomic E-state index is -0.256. The van der Waals surface area contributed by atoms with Gasteiger partial charge in [-0.3, -0.25) is 5.01 Å². The Kier molecular flexibility index (Phi) is 3.06. The van der Waals surface area contributed by atoms with Crippen molar-refractivity contribution in [1.29, 1.82) is 0 Å². The van der Waals surface area contributed by atoms with E-state index in [-0.39, 0.29) is 5.82 Å². The number of aromatic nitrogens is 2. The van der Waals surface area contributed by atoms with E-state index in [4.69, 9.17) is 0 Å². The molecule has 1 N–H and O–H groups in total. The highest BCUT2D eigenvalue weighted by atomic mass is 19.1. The maximum atomic E-state index is 13.4. The van der Waals surface area contributed by atoms with E-state index in [1.807, 2.05) is 5.01 Å². The summed E-state index contributed by atoms with van der Waals surface area (Å²) in [5.74, 6) is 0.509. The molecule has 1 fully saturated rings. The zero-order valence-corrected chi connectivity index (χ0v) is 10.1. The summed E-state index contributed by atoms with van der Waals surface area (Å²) in [6, 6.07) is 4.61. The van der Waals surface area contributed by atoms with Gasteiger partial charge >= 0.3 is 0 Å². The molecule has 0 saturated carbocycles. The summed E-state index contributed by atoms with van der Waals surface area (Å²) in [6.45, 7) is 1.82. The molecule has 5 heteroatoms. The van der Waals surface area contributed by atoms with Crippen LogP contribution in [0.4, 0.5) is 10.2 Å². The van der Waals surface area contributed by atoms with Crippen LogP contribution in [-0.2, 0) is 0 Å². The van der Waals surface area contributed by atoms with Gasteiger partial charge in [0.2, 0.25) is 0 Å². The first-order chi connectivity index (χ1) is 8.84. The molecule has 1 aliphatic heterocycles. The number of halogens is 1. The van der Waals surface area contributed by atoms with Gasteiger partial charge in [-0.25, -0.2) is 19.8 Å². The van der Waals surface area contributed by atoms with E-state index in [2.05, 4.69) is 15.4 Å². The Morgan fingerprint density at radius 2 is 2.11 bits per heavy atom. The lowest BCUT2D eigenvalue weighted by Gasteiger charge is -2.23. The van der Waals surface area contributed by atoms with E-state index >= 15 is 0 Å². The third-order valence-electron chi connectivity index (χ3n) is 3.19. The third kappa shape index (κ3) is 2.13. The molecule has 0 amide bonds. The van der Waals surface area contributed by atoms with Crippen molar-refractivity contribution >= 4 is 16.7 Å². The van der Waals surface area contributed by atoms with Crippen molar-refractivity contribution in [3.05, 3.63) is 30.3 Å². The molecule has 0 unspecified atom stereocenters. The number of benzene rings is 1. The summed E-state index contributed by atoms with van der Waals surface area (Å²) in [7, 11) is 0. The molecule has 2 aromatic rings. The molecule has 0 aliphatic carbocycles. The van der Waals surface area contributed by atoms with Crippen LogP contribution in [0.1, 0.15) is 19.3 Å². The second-order valence-electron chi connectivity index (χ2n) is 4.48. The molecule has 94 valence electrons. The van der Waals surface area contributed by atoms with Gasteiger partial charge in [0.25, 0.3) is 0 Å². The SMILES string of the molecule is Fc1ccc2ncnc(N3CCCCCN3)c2c1. The van der Waals surface area contributed by atoms with Gasteiger partial charge in [0.05, 0.1) is 5.52 Å². The van der Waals surface area contributed by atoms with Crippen molar-refractivity contribution in [2.45, 2.75) is 19.3 Å². The smallest absolute Gasteiger partial charge is 0.154 e. The average Bonchev–Trinajstić information content (AvgIpc) is 2.67. The molecule has 2 heterocycles. The van der Waals surface area contributed by atoms with Gasteiger partial charge in [-0.05, 0) is 31.0 Å². The number of rotatable bonds is 1. The van der Waals surface area contributed by atoms with Crippen molar-refractivity contribution in [3.8, 4) is 0 Å². The molecule has 0 radical (unpaired) electrons. The van der Waals surface area contributed by atoms with Crippen LogP contribution in [0.25, 0.3) is 10.9 Å². The second kappa shape index (κ2) is 4.86. The fourth-order valence-electron chi connectivity index (χ4n) is 2.28. The van der Waals surface area contributed by atoms with Crippen LogP contribution < -0.4 is 10.4 Å². The van der Waals surface area contributed by atoms with E-state index in [1.54, 1.807) is 6.07 Å². The van der Waals surface area contributed by atoms with Crippen molar-refractivity contribution in [2.24, 2.45) is 0 Å². The topological polar surface area (TPSA) is 41.1 Å². The van der Waals surface area contributed by atoms with Crippen LogP contribution in [0, 0.1) is 5.82 Å². The summed E-state index contributed by atoms with van der Waals surface area (Å²) in [4.78, 5) is 8.47. The van der Waals surface area contributed by atoms with Crippen molar-refractivity contribution in [1.82, 2.24) is 15.4 Å². The lowest BCUT2D eigenvalue weighted by atomic mass is 10.2. The Hall–Kier alpha value is -1.75. The number of anilines is 1. The third-order valence-corrected chi connectivity index (χ3v) is 3.19. The predicted octanol–water partition coefficient (Wildman–Crippen LogP) is 2.26. The number of hydrazine groups is 1. The lowest BCUT2D eigenvalue weighted by Crippen LogP contribution is -2.38. The van der Waals surface area contributed by atoms with Crippen molar-refractivity contribution < 1.29 is 4.39 Å². The second-order valence-corrected chi connectivity index (χ2v) is 4.48. The van der Waals surface area contributed by atoms with Gasteiger partial charge in [0.1, 0.15) is 12.1 Å². The average molecular weight is 246 g/mol. The zero-order valence-electron chi connectivity index (χ0n) is 10.1. The van der Waals surface area contributed by atoms with Crippen LogP contribution in [0.2, 0.25) is 0 Å². The Labute approximate surface area is 105 Å². The summed E-state index contributed by atoms with van der Waals surface area (Å²) in [5, 5.41) is 2.77. The monoisotopic (exact) mass is 246 g/mol. The standard InChI is InChI=1S/C13H15FN4/c14-10-4-5-12-11(8-10)13(16-9-15-12)18-7-3-1-2-6-17-18/h4-5,8-9,17H,1-3,6-7H2. The Balaban J connectivity index is 2.06. The Morgan fingerprint density at radius 1 is 1.17 bits per heavy atom. The van der Waals surface area contributed by atoms with Crippen molar-refractivity contribution in [3.63, 3.8) is 0 Å². The number of hydrogen-bond acceptors (Lipinski definition) is 4. The summed E-state index contributed by atoms with van der Waals surface area (Å²) < 4.78 is 13.4. The highest BCUT2D eigenvalue weighted by molar-refractivity contribution is 5.89. The van der Waals surface area contributed by atoms with Gasteiger partial charge < -0.3 is 0 Å².